The molecule has 0 saturated heterocycles. The first-order chi connectivity index (χ1) is 9.72. The zero-order valence-electron chi connectivity index (χ0n) is 12.8. The Bertz CT molecular complexity index is 589. The van der Waals surface area contributed by atoms with E-state index in [1.807, 2.05) is 0 Å². The molecular formula is C16H25IN4. The van der Waals surface area contributed by atoms with Crippen molar-refractivity contribution in [1.29, 1.82) is 0 Å². The van der Waals surface area contributed by atoms with Crippen LogP contribution >= 0.6 is 24.0 Å². The topological polar surface area (TPSA) is 66.2 Å². The lowest BCUT2D eigenvalue weighted by molar-refractivity contribution is 0.791. The maximum Gasteiger partial charge on any atom is 0.188 e. The van der Waals surface area contributed by atoms with E-state index in [-0.39, 0.29) is 24.0 Å². The summed E-state index contributed by atoms with van der Waals surface area (Å²) < 4.78 is 0. The molecule has 1 heterocycles. The van der Waals surface area contributed by atoms with Crippen molar-refractivity contribution in [1.82, 2.24) is 10.3 Å². The molecule has 0 saturated carbocycles. The number of rotatable bonds is 6. The molecular weight excluding hydrogens is 375 g/mol. The zero-order valence-corrected chi connectivity index (χ0v) is 15.1. The molecule has 0 fully saturated rings. The number of aryl methyl sites for hydroxylation is 1. The lowest BCUT2D eigenvalue weighted by Gasteiger charge is -2.05. The van der Waals surface area contributed by atoms with Crippen molar-refractivity contribution in [2.75, 3.05) is 13.1 Å². The summed E-state index contributed by atoms with van der Waals surface area (Å²) in [6, 6.07) is 6.38. The number of benzene rings is 1. The number of para-hydroxylation sites is 1. The summed E-state index contributed by atoms with van der Waals surface area (Å²) in [5, 5.41) is 4.47. The summed E-state index contributed by atoms with van der Waals surface area (Å²) in [4.78, 5) is 7.63. The van der Waals surface area contributed by atoms with E-state index in [1.165, 1.54) is 22.0 Å². The van der Waals surface area contributed by atoms with Gasteiger partial charge in [-0.3, -0.25) is 4.99 Å². The highest BCUT2D eigenvalue weighted by molar-refractivity contribution is 14.0. The second-order valence-electron chi connectivity index (χ2n) is 5.11. The molecule has 2 aromatic rings. The van der Waals surface area contributed by atoms with Crippen LogP contribution in [0.2, 0.25) is 0 Å². The molecule has 116 valence electrons. The average Bonchev–Trinajstić information content (AvgIpc) is 2.84. The quantitative estimate of drug-likeness (QED) is 0.301. The number of fused-ring (bicyclic) bond motifs is 1. The van der Waals surface area contributed by atoms with Gasteiger partial charge in [0.2, 0.25) is 0 Å². The van der Waals surface area contributed by atoms with Crippen molar-refractivity contribution < 1.29 is 0 Å². The van der Waals surface area contributed by atoms with Gasteiger partial charge in [-0.15, -0.1) is 24.0 Å². The molecule has 0 aliphatic heterocycles. The summed E-state index contributed by atoms with van der Waals surface area (Å²) in [5.74, 6) is 0.550. The molecule has 0 unspecified atom stereocenters. The third-order valence-electron chi connectivity index (χ3n) is 3.50. The van der Waals surface area contributed by atoms with E-state index in [0.29, 0.717) is 5.96 Å². The molecule has 0 bridgehead atoms. The number of nitrogens with one attached hydrogen (secondary N) is 2. The number of unbranched alkanes of at least 4 members (excludes halogenated alkanes) is 1. The third-order valence-corrected chi connectivity index (χ3v) is 3.50. The van der Waals surface area contributed by atoms with Crippen LogP contribution in [-0.2, 0) is 6.42 Å². The lowest BCUT2D eigenvalue weighted by Crippen LogP contribution is -2.33. The highest BCUT2D eigenvalue weighted by Crippen LogP contribution is 2.21. The van der Waals surface area contributed by atoms with Crippen LogP contribution in [0.25, 0.3) is 10.9 Å². The Kier molecular flexibility index (Phi) is 7.56. The molecule has 0 atom stereocenters. The van der Waals surface area contributed by atoms with Gasteiger partial charge < -0.3 is 16.0 Å². The number of nitrogens with zero attached hydrogens (tertiary/aromatic N) is 1. The summed E-state index contributed by atoms with van der Waals surface area (Å²) in [7, 11) is 0. The molecule has 0 spiro atoms. The number of aliphatic imine (C=N–C) groups is 1. The Morgan fingerprint density at radius 1 is 1.38 bits per heavy atom. The number of halogens is 1. The normalized spacial score (nSPS) is 11.4. The number of guanidine groups is 1. The predicted octanol–water partition coefficient (Wildman–Crippen LogP) is 3.34. The number of H-pyrrole nitrogens is 1. The van der Waals surface area contributed by atoms with Crippen LogP contribution in [0.3, 0.4) is 0 Å². The largest absolute Gasteiger partial charge is 0.370 e. The molecule has 2 rings (SSSR count). The van der Waals surface area contributed by atoms with Gasteiger partial charge in [-0.2, -0.15) is 0 Å². The van der Waals surface area contributed by atoms with Gasteiger partial charge >= 0.3 is 0 Å². The summed E-state index contributed by atoms with van der Waals surface area (Å²) >= 11 is 0. The van der Waals surface area contributed by atoms with Gasteiger partial charge in [0, 0.05) is 30.2 Å². The Labute approximate surface area is 143 Å². The minimum atomic E-state index is 0. The van der Waals surface area contributed by atoms with Crippen molar-refractivity contribution >= 4 is 40.8 Å². The van der Waals surface area contributed by atoms with Gasteiger partial charge in [-0.05, 0) is 30.9 Å². The smallest absolute Gasteiger partial charge is 0.188 e. The number of nitrogens with two attached hydrogens (primary N) is 1. The summed E-state index contributed by atoms with van der Waals surface area (Å²) in [5.41, 5.74) is 9.65. The maximum absolute atomic E-state index is 5.82. The van der Waals surface area contributed by atoms with E-state index < -0.39 is 0 Å². The second kappa shape index (κ2) is 8.92. The predicted molar refractivity (Wildman–Crippen MR) is 102 cm³/mol. The van der Waals surface area contributed by atoms with Crippen LogP contribution < -0.4 is 11.1 Å². The first-order valence-electron chi connectivity index (χ1n) is 7.31. The van der Waals surface area contributed by atoms with Crippen LogP contribution in [-0.4, -0.2) is 24.0 Å². The SMILES string of the molecule is CCCCN=C(N)NCCc1c[nH]c2c(C)cccc12.I. The molecule has 0 radical (unpaired) electrons. The van der Waals surface area contributed by atoms with E-state index >= 15 is 0 Å². The van der Waals surface area contributed by atoms with Gasteiger partial charge in [0.25, 0.3) is 0 Å². The minimum absolute atomic E-state index is 0. The molecule has 1 aromatic carbocycles. The number of aromatic amines is 1. The Morgan fingerprint density at radius 2 is 2.19 bits per heavy atom. The Morgan fingerprint density at radius 3 is 2.95 bits per heavy atom. The lowest BCUT2D eigenvalue weighted by atomic mass is 10.1. The highest BCUT2D eigenvalue weighted by Gasteiger charge is 2.04. The standard InChI is InChI=1S/C16H24N4.HI/c1-3-4-9-18-16(17)19-10-8-13-11-20-15-12(2)6-5-7-14(13)15;/h5-7,11,20H,3-4,8-10H2,1-2H3,(H3,17,18,19);1H. The van der Waals surface area contributed by atoms with Crippen LogP contribution in [0, 0.1) is 6.92 Å². The Hall–Kier alpha value is -1.24. The first kappa shape index (κ1) is 17.8. The average molecular weight is 400 g/mol. The van der Waals surface area contributed by atoms with Crippen molar-refractivity contribution in [2.45, 2.75) is 33.1 Å². The van der Waals surface area contributed by atoms with Crippen molar-refractivity contribution in [3.63, 3.8) is 0 Å². The van der Waals surface area contributed by atoms with Crippen LogP contribution in [0.1, 0.15) is 30.9 Å². The monoisotopic (exact) mass is 400 g/mol. The van der Waals surface area contributed by atoms with E-state index in [0.717, 1.165) is 32.4 Å². The van der Waals surface area contributed by atoms with Crippen molar-refractivity contribution in [3.05, 3.63) is 35.5 Å². The van der Waals surface area contributed by atoms with Gasteiger partial charge in [-0.1, -0.05) is 31.5 Å². The highest BCUT2D eigenvalue weighted by atomic mass is 127. The number of hydrogen-bond acceptors (Lipinski definition) is 1. The first-order valence-corrected chi connectivity index (χ1v) is 7.31. The molecule has 4 nitrogen and oxygen atoms in total. The van der Waals surface area contributed by atoms with Gasteiger partial charge in [-0.25, -0.2) is 0 Å². The number of hydrogen-bond donors (Lipinski definition) is 3. The summed E-state index contributed by atoms with van der Waals surface area (Å²) in [6.45, 7) is 5.89. The fourth-order valence-corrected chi connectivity index (χ4v) is 2.31. The van der Waals surface area contributed by atoms with Crippen LogP contribution in [0.15, 0.2) is 29.4 Å². The van der Waals surface area contributed by atoms with E-state index in [4.69, 9.17) is 5.73 Å². The fourth-order valence-electron chi connectivity index (χ4n) is 2.31. The molecule has 5 heteroatoms. The minimum Gasteiger partial charge on any atom is -0.370 e. The molecule has 4 N–H and O–H groups in total. The molecule has 1 aromatic heterocycles. The second-order valence-corrected chi connectivity index (χ2v) is 5.11. The molecule has 21 heavy (non-hydrogen) atoms. The zero-order chi connectivity index (χ0) is 14.4. The Balaban J connectivity index is 0.00000220. The van der Waals surface area contributed by atoms with E-state index in [1.54, 1.807) is 0 Å². The number of aromatic nitrogens is 1. The van der Waals surface area contributed by atoms with Crippen molar-refractivity contribution in [3.8, 4) is 0 Å². The molecule has 0 aliphatic rings. The molecule has 0 aliphatic carbocycles. The van der Waals surface area contributed by atoms with Crippen molar-refractivity contribution in [2.24, 2.45) is 10.7 Å². The molecule has 0 amide bonds. The van der Waals surface area contributed by atoms with Crippen LogP contribution in [0.5, 0.6) is 0 Å². The third kappa shape index (κ3) is 4.91. The van der Waals surface area contributed by atoms with E-state index in [9.17, 15) is 0 Å². The van der Waals surface area contributed by atoms with Gasteiger partial charge in [0.05, 0.1) is 0 Å². The summed E-state index contributed by atoms with van der Waals surface area (Å²) in [6.07, 6.45) is 5.26. The van der Waals surface area contributed by atoms with Gasteiger partial charge in [0.15, 0.2) is 5.96 Å². The van der Waals surface area contributed by atoms with E-state index in [2.05, 4.69) is 53.5 Å². The van der Waals surface area contributed by atoms with Crippen LogP contribution in [0.4, 0.5) is 0 Å². The maximum atomic E-state index is 5.82. The fraction of sp³-hybridized carbons (Fsp3) is 0.438. The van der Waals surface area contributed by atoms with Gasteiger partial charge in [0.1, 0.15) is 0 Å².